The molecule has 0 heterocycles. The molecule has 1 aliphatic carbocycles. The zero-order chi connectivity index (χ0) is 14.0. The van der Waals surface area contributed by atoms with E-state index in [1.165, 1.54) is 0 Å². The van der Waals surface area contributed by atoms with E-state index in [9.17, 15) is 18.3 Å². The molecule has 5 heteroatoms. The van der Waals surface area contributed by atoms with Gasteiger partial charge < -0.3 is 5.11 Å². The molecule has 0 radical (unpaired) electrons. The van der Waals surface area contributed by atoms with E-state index in [1.807, 2.05) is 0 Å². The predicted octanol–water partition coefficient (Wildman–Crippen LogP) is 4.74. The summed E-state index contributed by atoms with van der Waals surface area (Å²) in [5.41, 5.74) is 0.505. The Hall–Kier alpha value is -0.740. The molecule has 1 saturated carbocycles. The van der Waals surface area contributed by atoms with Gasteiger partial charge in [0.15, 0.2) is 0 Å². The Labute approximate surface area is 115 Å². The van der Waals surface area contributed by atoms with Gasteiger partial charge in [-0.3, -0.25) is 0 Å². The Bertz CT molecular complexity index is 416. The molecule has 0 aromatic heterocycles. The summed E-state index contributed by atoms with van der Waals surface area (Å²) in [7, 11) is 0. The summed E-state index contributed by atoms with van der Waals surface area (Å²) in [4.78, 5) is 0. The van der Waals surface area contributed by atoms with E-state index < -0.39 is 24.1 Å². The fraction of sp³-hybridized carbons (Fsp3) is 0.571. The summed E-state index contributed by atoms with van der Waals surface area (Å²) >= 11 is 5.74. The average molecular weight is 293 g/mol. The van der Waals surface area contributed by atoms with Crippen molar-refractivity contribution in [3.8, 4) is 0 Å². The van der Waals surface area contributed by atoms with Crippen LogP contribution in [0.3, 0.4) is 0 Å². The van der Waals surface area contributed by atoms with Crippen molar-refractivity contribution < 1.29 is 18.3 Å². The van der Waals surface area contributed by atoms with Crippen LogP contribution < -0.4 is 0 Å². The summed E-state index contributed by atoms with van der Waals surface area (Å²) in [6.07, 6.45) is -3.48. The first-order valence-electron chi connectivity index (χ1n) is 6.40. The second kappa shape index (κ2) is 5.71. The predicted molar refractivity (Wildman–Crippen MR) is 67.9 cm³/mol. The minimum atomic E-state index is -4.24. The number of alkyl halides is 3. The molecule has 106 valence electrons. The van der Waals surface area contributed by atoms with Crippen LogP contribution in [0.25, 0.3) is 0 Å². The zero-order valence-electron chi connectivity index (χ0n) is 10.3. The number of hydrogen-bond acceptors (Lipinski definition) is 1. The Morgan fingerprint density at radius 3 is 2.26 bits per heavy atom. The molecular weight excluding hydrogens is 277 g/mol. The van der Waals surface area contributed by atoms with Gasteiger partial charge in [0.2, 0.25) is 0 Å². The van der Waals surface area contributed by atoms with Crippen LogP contribution >= 0.6 is 11.6 Å². The van der Waals surface area contributed by atoms with E-state index >= 15 is 0 Å². The van der Waals surface area contributed by atoms with Crippen molar-refractivity contribution in [1.82, 2.24) is 0 Å². The van der Waals surface area contributed by atoms with Crippen molar-refractivity contribution in [3.05, 3.63) is 34.9 Å². The number of benzene rings is 1. The summed E-state index contributed by atoms with van der Waals surface area (Å²) in [5, 5.41) is 10.7. The van der Waals surface area contributed by atoms with Gasteiger partial charge in [-0.05, 0) is 30.5 Å². The molecule has 1 aromatic carbocycles. The molecule has 0 spiro atoms. The number of aliphatic hydroxyl groups excluding tert-OH is 1. The highest BCUT2D eigenvalue weighted by Crippen LogP contribution is 2.46. The molecule has 1 N–H and O–H groups in total. The summed E-state index contributed by atoms with van der Waals surface area (Å²) in [6.45, 7) is 0. The van der Waals surface area contributed by atoms with Crippen LogP contribution in [0.5, 0.6) is 0 Å². The highest BCUT2D eigenvalue weighted by molar-refractivity contribution is 6.30. The Kier molecular flexibility index (Phi) is 4.41. The van der Waals surface area contributed by atoms with E-state index in [0.29, 0.717) is 23.4 Å². The van der Waals surface area contributed by atoms with E-state index in [1.54, 1.807) is 24.3 Å². The van der Waals surface area contributed by atoms with Gasteiger partial charge in [-0.25, -0.2) is 0 Å². The number of rotatable bonds is 2. The lowest BCUT2D eigenvalue weighted by atomic mass is 9.74. The Balaban J connectivity index is 2.20. The number of halogens is 4. The smallest absolute Gasteiger partial charge is 0.388 e. The van der Waals surface area contributed by atoms with Crippen molar-refractivity contribution in [2.45, 2.75) is 38.0 Å². The first kappa shape index (κ1) is 14.7. The third kappa shape index (κ3) is 3.42. The average Bonchev–Trinajstić information content (AvgIpc) is 2.38. The zero-order valence-corrected chi connectivity index (χ0v) is 11.1. The van der Waals surface area contributed by atoms with Gasteiger partial charge in [0.25, 0.3) is 0 Å². The molecule has 19 heavy (non-hydrogen) atoms. The second-order valence-corrected chi connectivity index (χ2v) is 5.53. The lowest BCUT2D eigenvalue weighted by Crippen LogP contribution is -2.36. The summed E-state index contributed by atoms with van der Waals surface area (Å²) < 4.78 is 39.0. The molecule has 0 bridgehead atoms. The quantitative estimate of drug-likeness (QED) is 0.834. The maximum Gasteiger partial charge on any atom is 0.392 e. The Morgan fingerprint density at radius 1 is 1.11 bits per heavy atom. The highest BCUT2D eigenvalue weighted by atomic mass is 35.5. The first-order chi connectivity index (χ1) is 8.89. The van der Waals surface area contributed by atoms with Gasteiger partial charge in [-0.15, -0.1) is 0 Å². The Morgan fingerprint density at radius 2 is 1.68 bits per heavy atom. The van der Waals surface area contributed by atoms with Gasteiger partial charge in [0.1, 0.15) is 0 Å². The van der Waals surface area contributed by atoms with Crippen molar-refractivity contribution in [2.75, 3.05) is 0 Å². The maximum atomic E-state index is 13.0. The first-order valence-corrected chi connectivity index (χ1v) is 6.77. The summed E-state index contributed by atoms with van der Waals surface area (Å²) in [5.74, 6) is -2.16. The lowest BCUT2D eigenvalue weighted by Gasteiger charge is -2.36. The van der Waals surface area contributed by atoms with E-state index in [-0.39, 0.29) is 6.42 Å². The van der Waals surface area contributed by atoms with Crippen molar-refractivity contribution >= 4 is 11.6 Å². The van der Waals surface area contributed by atoms with Gasteiger partial charge >= 0.3 is 6.18 Å². The largest absolute Gasteiger partial charge is 0.392 e. The molecule has 1 fully saturated rings. The molecule has 1 aliphatic rings. The van der Waals surface area contributed by atoms with Crippen LogP contribution in [0, 0.1) is 11.8 Å². The second-order valence-electron chi connectivity index (χ2n) is 5.09. The maximum absolute atomic E-state index is 13.0. The topological polar surface area (TPSA) is 20.2 Å². The van der Waals surface area contributed by atoms with Gasteiger partial charge in [0, 0.05) is 10.9 Å². The molecule has 0 amide bonds. The van der Waals surface area contributed by atoms with E-state index in [4.69, 9.17) is 11.6 Å². The SMILES string of the molecule is OC(c1ccc(Cl)cc1)C1CCCCC1C(F)(F)F. The van der Waals surface area contributed by atoms with Crippen LogP contribution in [0.1, 0.15) is 37.4 Å². The highest BCUT2D eigenvalue weighted by Gasteiger charge is 2.47. The minimum absolute atomic E-state index is 0.110. The normalized spacial score (nSPS) is 26.2. The van der Waals surface area contributed by atoms with Crippen molar-refractivity contribution in [1.29, 1.82) is 0 Å². The third-order valence-electron chi connectivity index (χ3n) is 3.86. The van der Waals surface area contributed by atoms with Crippen LogP contribution in [0.2, 0.25) is 5.02 Å². The van der Waals surface area contributed by atoms with E-state index in [2.05, 4.69) is 0 Å². The van der Waals surface area contributed by atoms with Crippen LogP contribution in [-0.4, -0.2) is 11.3 Å². The third-order valence-corrected chi connectivity index (χ3v) is 4.11. The molecule has 3 unspecified atom stereocenters. The summed E-state index contributed by atoms with van der Waals surface area (Å²) in [6, 6.07) is 6.36. The molecular formula is C14H16ClF3O. The van der Waals surface area contributed by atoms with Crippen LogP contribution in [0.15, 0.2) is 24.3 Å². The van der Waals surface area contributed by atoms with Crippen LogP contribution in [0.4, 0.5) is 13.2 Å². The van der Waals surface area contributed by atoms with Crippen molar-refractivity contribution in [3.63, 3.8) is 0 Å². The van der Waals surface area contributed by atoms with E-state index in [0.717, 1.165) is 6.42 Å². The molecule has 3 atom stereocenters. The number of aliphatic hydroxyl groups is 1. The monoisotopic (exact) mass is 292 g/mol. The van der Waals surface area contributed by atoms with Gasteiger partial charge in [0.05, 0.1) is 12.0 Å². The van der Waals surface area contributed by atoms with Gasteiger partial charge in [-0.1, -0.05) is 36.6 Å². The minimum Gasteiger partial charge on any atom is -0.388 e. The lowest BCUT2D eigenvalue weighted by molar-refractivity contribution is -0.207. The fourth-order valence-corrected chi connectivity index (χ4v) is 2.98. The van der Waals surface area contributed by atoms with Crippen molar-refractivity contribution in [2.24, 2.45) is 11.8 Å². The number of hydrogen-bond donors (Lipinski definition) is 1. The molecule has 0 aliphatic heterocycles. The molecule has 1 nitrogen and oxygen atoms in total. The standard InChI is InChI=1S/C14H16ClF3O/c15-10-7-5-9(6-8-10)13(19)11-3-1-2-4-12(11)14(16,17)18/h5-8,11-13,19H,1-4H2. The molecule has 0 saturated heterocycles. The molecule has 2 rings (SSSR count). The fourth-order valence-electron chi connectivity index (χ4n) is 2.85. The molecule has 1 aromatic rings. The van der Waals surface area contributed by atoms with Gasteiger partial charge in [-0.2, -0.15) is 13.2 Å². The van der Waals surface area contributed by atoms with Crippen LogP contribution in [-0.2, 0) is 0 Å².